The lowest BCUT2D eigenvalue weighted by Crippen LogP contribution is -2.41. The van der Waals surface area contributed by atoms with Gasteiger partial charge in [-0.2, -0.15) is 0 Å². The van der Waals surface area contributed by atoms with Crippen molar-refractivity contribution in [3.63, 3.8) is 0 Å². The summed E-state index contributed by atoms with van der Waals surface area (Å²) >= 11 is 3.69. The first-order chi connectivity index (χ1) is 9.70. The highest BCUT2D eigenvalue weighted by molar-refractivity contribution is 9.10. The predicted octanol–water partition coefficient (Wildman–Crippen LogP) is 2.41. The molecule has 20 heavy (non-hydrogen) atoms. The summed E-state index contributed by atoms with van der Waals surface area (Å²) in [6, 6.07) is 6.56. The van der Waals surface area contributed by atoms with Gasteiger partial charge in [-0.25, -0.2) is 0 Å². The average Bonchev–Trinajstić information content (AvgIpc) is 2.44. The first kappa shape index (κ1) is 15.8. The number of morpholine rings is 1. The predicted molar refractivity (Wildman–Crippen MR) is 85.4 cm³/mol. The largest absolute Gasteiger partial charge is 0.383 e. The van der Waals surface area contributed by atoms with E-state index < -0.39 is 0 Å². The summed E-state index contributed by atoms with van der Waals surface area (Å²) in [5.41, 5.74) is 2.53. The van der Waals surface area contributed by atoms with Crippen LogP contribution in [0.1, 0.15) is 12.5 Å². The van der Waals surface area contributed by atoms with E-state index in [1.54, 1.807) is 7.11 Å². The highest BCUT2D eigenvalue weighted by atomic mass is 79.9. The maximum atomic E-state index is 5.59. The van der Waals surface area contributed by atoms with Gasteiger partial charge in [0.25, 0.3) is 0 Å². The van der Waals surface area contributed by atoms with Crippen LogP contribution < -0.4 is 10.2 Å². The molecule has 0 bridgehead atoms. The fourth-order valence-corrected chi connectivity index (χ4v) is 3.04. The highest BCUT2D eigenvalue weighted by Crippen LogP contribution is 2.28. The molecule has 2 rings (SSSR count). The molecule has 5 heteroatoms. The van der Waals surface area contributed by atoms with Gasteiger partial charge >= 0.3 is 0 Å². The minimum atomic E-state index is 0.297. The van der Waals surface area contributed by atoms with E-state index in [0.29, 0.717) is 6.10 Å². The van der Waals surface area contributed by atoms with Crippen molar-refractivity contribution in [3.8, 4) is 0 Å². The molecule has 1 aliphatic rings. The van der Waals surface area contributed by atoms with Gasteiger partial charge in [-0.05, 0) is 40.5 Å². The number of rotatable bonds is 6. The van der Waals surface area contributed by atoms with Crippen LogP contribution in [-0.4, -0.2) is 46.1 Å². The second-order valence-corrected chi connectivity index (χ2v) is 5.94. The van der Waals surface area contributed by atoms with E-state index >= 15 is 0 Å². The SMILES string of the molecule is COCCNCc1ccc(N2CCOC(C)C2)c(Br)c1. The maximum absolute atomic E-state index is 5.59. The lowest BCUT2D eigenvalue weighted by atomic mass is 10.1. The molecule has 1 unspecified atom stereocenters. The lowest BCUT2D eigenvalue weighted by Gasteiger charge is -2.33. The summed E-state index contributed by atoms with van der Waals surface area (Å²) in [6.07, 6.45) is 0.297. The number of methoxy groups -OCH3 is 1. The minimum absolute atomic E-state index is 0.297. The summed E-state index contributed by atoms with van der Waals surface area (Å²) in [5, 5.41) is 3.36. The van der Waals surface area contributed by atoms with E-state index in [2.05, 4.69) is 51.3 Å². The minimum Gasteiger partial charge on any atom is -0.383 e. The van der Waals surface area contributed by atoms with Gasteiger partial charge in [-0.15, -0.1) is 0 Å². The van der Waals surface area contributed by atoms with Gasteiger partial charge in [0.2, 0.25) is 0 Å². The Morgan fingerprint density at radius 2 is 2.35 bits per heavy atom. The number of benzene rings is 1. The Kier molecular flexibility index (Phi) is 6.29. The molecule has 0 saturated carbocycles. The number of anilines is 1. The number of nitrogens with zero attached hydrogens (tertiary/aromatic N) is 1. The summed E-state index contributed by atoms with van der Waals surface area (Å²) in [5.74, 6) is 0. The van der Waals surface area contributed by atoms with Crippen LogP contribution in [0.25, 0.3) is 0 Å². The molecule has 1 saturated heterocycles. The lowest BCUT2D eigenvalue weighted by molar-refractivity contribution is 0.0532. The monoisotopic (exact) mass is 342 g/mol. The molecule has 1 heterocycles. The van der Waals surface area contributed by atoms with Crippen molar-refractivity contribution in [1.82, 2.24) is 5.32 Å². The standard InChI is InChI=1S/C15H23BrN2O2/c1-12-11-18(6-8-20-12)15-4-3-13(9-14(15)16)10-17-5-7-19-2/h3-4,9,12,17H,5-8,10-11H2,1-2H3. The van der Waals surface area contributed by atoms with Gasteiger partial charge in [-0.1, -0.05) is 6.07 Å². The van der Waals surface area contributed by atoms with Crippen LogP contribution in [0.5, 0.6) is 0 Å². The summed E-state index contributed by atoms with van der Waals surface area (Å²) in [4.78, 5) is 2.38. The van der Waals surface area contributed by atoms with E-state index in [-0.39, 0.29) is 0 Å². The van der Waals surface area contributed by atoms with Crippen molar-refractivity contribution in [2.24, 2.45) is 0 Å². The molecule has 0 amide bonds. The summed E-state index contributed by atoms with van der Waals surface area (Å²) < 4.78 is 11.8. The zero-order valence-electron chi connectivity index (χ0n) is 12.2. The van der Waals surface area contributed by atoms with Gasteiger partial charge in [0, 0.05) is 37.8 Å². The molecule has 1 fully saturated rings. The van der Waals surface area contributed by atoms with E-state index in [4.69, 9.17) is 9.47 Å². The second-order valence-electron chi connectivity index (χ2n) is 5.08. The zero-order chi connectivity index (χ0) is 14.4. The van der Waals surface area contributed by atoms with Crippen LogP contribution in [0.4, 0.5) is 5.69 Å². The Labute approximate surface area is 129 Å². The fourth-order valence-electron chi connectivity index (χ4n) is 2.36. The molecule has 1 aromatic carbocycles. The van der Waals surface area contributed by atoms with E-state index in [0.717, 1.165) is 43.9 Å². The van der Waals surface area contributed by atoms with Crippen LogP contribution >= 0.6 is 15.9 Å². The molecule has 1 aromatic rings. The Bertz CT molecular complexity index is 428. The van der Waals surface area contributed by atoms with Gasteiger partial charge in [-0.3, -0.25) is 0 Å². The highest BCUT2D eigenvalue weighted by Gasteiger charge is 2.18. The van der Waals surface area contributed by atoms with Crippen molar-refractivity contribution in [2.45, 2.75) is 19.6 Å². The Balaban J connectivity index is 1.95. The number of ether oxygens (including phenoxy) is 2. The number of hydrogen-bond donors (Lipinski definition) is 1. The molecule has 4 nitrogen and oxygen atoms in total. The molecule has 112 valence electrons. The topological polar surface area (TPSA) is 33.7 Å². The number of hydrogen-bond acceptors (Lipinski definition) is 4. The third-order valence-corrected chi connectivity index (χ3v) is 4.04. The van der Waals surface area contributed by atoms with Crippen molar-refractivity contribution in [2.75, 3.05) is 44.9 Å². The van der Waals surface area contributed by atoms with Crippen molar-refractivity contribution in [1.29, 1.82) is 0 Å². The molecular formula is C15H23BrN2O2. The van der Waals surface area contributed by atoms with E-state index in [1.165, 1.54) is 11.3 Å². The smallest absolute Gasteiger partial charge is 0.0722 e. The van der Waals surface area contributed by atoms with Crippen molar-refractivity contribution < 1.29 is 9.47 Å². The molecular weight excluding hydrogens is 320 g/mol. The average molecular weight is 343 g/mol. The number of halogens is 1. The molecule has 0 aromatic heterocycles. The van der Waals surface area contributed by atoms with Gasteiger partial charge < -0.3 is 19.7 Å². The van der Waals surface area contributed by atoms with E-state index in [9.17, 15) is 0 Å². The van der Waals surface area contributed by atoms with Crippen molar-refractivity contribution >= 4 is 21.6 Å². The molecule has 0 spiro atoms. The van der Waals surface area contributed by atoms with Gasteiger partial charge in [0.05, 0.1) is 25.0 Å². The molecule has 1 N–H and O–H groups in total. The Hall–Kier alpha value is -0.620. The quantitative estimate of drug-likeness (QED) is 0.805. The molecule has 1 aliphatic heterocycles. The Morgan fingerprint density at radius 1 is 1.50 bits per heavy atom. The van der Waals surface area contributed by atoms with Crippen LogP contribution in [0.3, 0.4) is 0 Å². The van der Waals surface area contributed by atoms with Crippen LogP contribution in [0.2, 0.25) is 0 Å². The van der Waals surface area contributed by atoms with Crippen LogP contribution in [-0.2, 0) is 16.0 Å². The van der Waals surface area contributed by atoms with Gasteiger partial charge in [0.15, 0.2) is 0 Å². The zero-order valence-corrected chi connectivity index (χ0v) is 13.8. The van der Waals surface area contributed by atoms with Gasteiger partial charge in [0.1, 0.15) is 0 Å². The summed E-state index contributed by atoms with van der Waals surface area (Å²) in [6.45, 7) is 7.30. The van der Waals surface area contributed by atoms with E-state index in [1.807, 2.05) is 0 Å². The third kappa shape index (κ3) is 4.45. The Morgan fingerprint density at radius 3 is 3.05 bits per heavy atom. The summed E-state index contributed by atoms with van der Waals surface area (Å²) in [7, 11) is 1.72. The maximum Gasteiger partial charge on any atom is 0.0722 e. The second kappa shape index (κ2) is 7.98. The van der Waals surface area contributed by atoms with Crippen molar-refractivity contribution in [3.05, 3.63) is 28.2 Å². The molecule has 0 aliphatic carbocycles. The normalized spacial score (nSPS) is 19.4. The van der Waals surface area contributed by atoms with Crippen LogP contribution in [0, 0.1) is 0 Å². The van der Waals surface area contributed by atoms with Crippen LogP contribution in [0.15, 0.2) is 22.7 Å². The fraction of sp³-hybridized carbons (Fsp3) is 0.600. The molecule has 0 radical (unpaired) electrons. The number of nitrogens with one attached hydrogen (secondary N) is 1. The first-order valence-corrected chi connectivity index (χ1v) is 7.84. The third-order valence-electron chi connectivity index (χ3n) is 3.41. The molecule has 1 atom stereocenters. The first-order valence-electron chi connectivity index (χ1n) is 7.05.